The van der Waals surface area contributed by atoms with Crippen LogP contribution in [0.3, 0.4) is 0 Å². The number of carbonyl (C=O) groups is 1. The summed E-state index contributed by atoms with van der Waals surface area (Å²) in [5.74, 6) is -1.10. The number of carboxylic acid groups (broad SMARTS) is 1. The van der Waals surface area contributed by atoms with Crippen LogP contribution < -0.4 is 4.31 Å². The second kappa shape index (κ2) is 7.42. The number of hydrogen-bond acceptors (Lipinski definition) is 3. The number of carboxylic acids is 1. The predicted octanol–water partition coefficient (Wildman–Crippen LogP) is 3.97. The smallest absolute Gasteiger partial charge is 0.305 e. The molecule has 0 saturated carbocycles. The van der Waals surface area contributed by atoms with Gasteiger partial charge in [0.2, 0.25) is 0 Å². The Labute approximate surface area is 150 Å². The third-order valence-corrected chi connectivity index (χ3v) is 5.86. The van der Waals surface area contributed by atoms with Gasteiger partial charge in [-0.2, -0.15) is 0 Å². The van der Waals surface area contributed by atoms with Crippen LogP contribution in [0, 0.1) is 6.92 Å². The van der Waals surface area contributed by atoms with Crippen molar-refractivity contribution in [2.45, 2.75) is 18.2 Å². The van der Waals surface area contributed by atoms with Crippen molar-refractivity contribution in [3.8, 4) is 0 Å². The molecule has 5 nitrogen and oxygen atoms in total. The number of benzene rings is 2. The van der Waals surface area contributed by atoms with E-state index in [4.69, 9.17) is 28.3 Å². The molecule has 0 unspecified atom stereocenters. The van der Waals surface area contributed by atoms with E-state index in [2.05, 4.69) is 0 Å². The highest BCUT2D eigenvalue weighted by molar-refractivity contribution is 7.93. The Morgan fingerprint density at radius 1 is 1.12 bits per heavy atom. The zero-order valence-electron chi connectivity index (χ0n) is 12.7. The first-order valence-electron chi connectivity index (χ1n) is 6.98. The minimum Gasteiger partial charge on any atom is -0.481 e. The minimum atomic E-state index is -4.06. The first kappa shape index (κ1) is 18.6. The van der Waals surface area contributed by atoms with Gasteiger partial charge in [-0.1, -0.05) is 40.9 Å². The van der Waals surface area contributed by atoms with Gasteiger partial charge >= 0.3 is 5.97 Å². The van der Waals surface area contributed by atoms with Gasteiger partial charge in [-0.05, 0) is 37.3 Å². The highest BCUT2D eigenvalue weighted by atomic mass is 35.5. The molecule has 0 aliphatic heterocycles. The first-order valence-corrected chi connectivity index (χ1v) is 9.17. The van der Waals surface area contributed by atoms with Gasteiger partial charge in [0.25, 0.3) is 10.0 Å². The lowest BCUT2D eigenvalue weighted by Gasteiger charge is -2.24. The van der Waals surface area contributed by atoms with E-state index in [-0.39, 0.29) is 27.9 Å². The molecule has 0 aromatic heterocycles. The zero-order chi connectivity index (χ0) is 17.9. The molecule has 2 aromatic carbocycles. The summed E-state index contributed by atoms with van der Waals surface area (Å²) in [5, 5.41) is 9.16. The Hall–Kier alpha value is -1.76. The van der Waals surface area contributed by atoms with Crippen molar-refractivity contribution in [1.29, 1.82) is 0 Å². The van der Waals surface area contributed by atoms with Crippen LogP contribution in [0.15, 0.2) is 47.4 Å². The van der Waals surface area contributed by atoms with Crippen molar-refractivity contribution < 1.29 is 18.3 Å². The fourth-order valence-electron chi connectivity index (χ4n) is 2.09. The molecule has 1 N–H and O–H groups in total. The fraction of sp³-hybridized carbons (Fsp3) is 0.188. The Morgan fingerprint density at radius 3 is 2.33 bits per heavy atom. The molecule has 24 heavy (non-hydrogen) atoms. The van der Waals surface area contributed by atoms with Gasteiger partial charge in [0.1, 0.15) is 4.90 Å². The topological polar surface area (TPSA) is 74.7 Å². The molecular weight excluding hydrogens is 373 g/mol. The van der Waals surface area contributed by atoms with Gasteiger partial charge in [0.05, 0.1) is 17.1 Å². The summed E-state index contributed by atoms with van der Waals surface area (Å²) in [6, 6.07) is 10.9. The van der Waals surface area contributed by atoms with E-state index in [0.29, 0.717) is 5.69 Å². The third-order valence-electron chi connectivity index (χ3n) is 3.31. The van der Waals surface area contributed by atoms with E-state index in [0.717, 1.165) is 9.87 Å². The summed E-state index contributed by atoms with van der Waals surface area (Å²) in [5.41, 5.74) is 1.31. The molecule has 0 amide bonds. The van der Waals surface area contributed by atoms with E-state index in [1.54, 1.807) is 24.3 Å². The Morgan fingerprint density at radius 2 is 1.75 bits per heavy atom. The number of halogens is 2. The van der Waals surface area contributed by atoms with Crippen LogP contribution in [0.1, 0.15) is 12.0 Å². The molecule has 128 valence electrons. The summed E-state index contributed by atoms with van der Waals surface area (Å²) in [4.78, 5) is 10.7. The zero-order valence-corrected chi connectivity index (χ0v) is 15.1. The van der Waals surface area contributed by atoms with Gasteiger partial charge in [-0.15, -0.1) is 0 Å². The van der Waals surface area contributed by atoms with E-state index in [1.165, 1.54) is 18.2 Å². The summed E-state index contributed by atoms with van der Waals surface area (Å²) in [6.45, 7) is 1.65. The molecule has 0 saturated heterocycles. The van der Waals surface area contributed by atoms with E-state index in [9.17, 15) is 13.2 Å². The molecule has 8 heteroatoms. The lowest BCUT2D eigenvalue weighted by atomic mass is 10.2. The second-order valence-electron chi connectivity index (χ2n) is 5.13. The van der Waals surface area contributed by atoms with Crippen LogP contribution in [0.2, 0.25) is 10.0 Å². The maximum atomic E-state index is 13.0. The molecule has 0 aliphatic carbocycles. The second-order valence-corrected chi connectivity index (χ2v) is 7.81. The lowest BCUT2D eigenvalue weighted by molar-refractivity contribution is -0.136. The number of rotatable bonds is 6. The monoisotopic (exact) mass is 387 g/mol. The van der Waals surface area contributed by atoms with Gasteiger partial charge in [-0.25, -0.2) is 8.42 Å². The maximum Gasteiger partial charge on any atom is 0.305 e. The number of nitrogens with zero attached hydrogens (tertiary/aromatic N) is 1. The molecular formula is C16H15Cl2NO4S. The van der Waals surface area contributed by atoms with Crippen molar-refractivity contribution >= 4 is 44.9 Å². The average Bonchev–Trinajstić information content (AvgIpc) is 2.51. The van der Waals surface area contributed by atoms with Crippen LogP contribution in [0.5, 0.6) is 0 Å². The normalized spacial score (nSPS) is 11.3. The largest absolute Gasteiger partial charge is 0.481 e. The predicted molar refractivity (Wildman–Crippen MR) is 94.4 cm³/mol. The summed E-state index contributed by atoms with van der Waals surface area (Å²) in [7, 11) is -4.06. The third kappa shape index (κ3) is 4.20. The standard InChI is InChI=1S/C16H15Cl2NO4S/c1-11-2-5-13(6-3-11)19(9-8-16(20)21)24(22,23)15-10-12(17)4-7-14(15)18/h2-7,10H,8-9H2,1H3,(H,20,21). The summed E-state index contributed by atoms with van der Waals surface area (Å²) in [6.07, 6.45) is -0.342. The molecule has 0 radical (unpaired) electrons. The molecule has 0 fully saturated rings. The van der Waals surface area contributed by atoms with Gasteiger partial charge in [0.15, 0.2) is 0 Å². The van der Waals surface area contributed by atoms with Gasteiger partial charge < -0.3 is 5.11 Å². The van der Waals surface area contributed by atoms with Crippen LogP contribution in [-0.4, -0.2) is 26.0 Å². The molecule has 2 aromatic rings. The van der Waals surface area contributed by atoms with E-state index in [1.807, 2.05) is 6.92 Å². The molecule has 0 heterocycles. The Balaban J connectivity index is 2.54. The van der Waals surface area contributed by atoms with E-state index < -0.39 is 16.0 Å². The number of hydrogen-bond donors (Lipinski definition) is 1. The first-order chi connectivity index (χ1) is 11.2. The van der Waals surface area contributed by atoms with E-state index >= 15 is 0 Å². The number of anilines is 1. The molecule has 0 aliphatic rings. The van der Waals surface area contributed by atoms with Gasteiger partial charge in [-0.3, -0.25) is 9.10 Å². The quantitative estimate of drug-likeness (QED) is 0.813. The molecule has 0 spiro atoms. The number of sulfonamides is 1. The van der Waals surface area contributed by atoms with Crippen LogP contribution in [0.4, 0.5) is 5.69 Å². The Kier molecular flexibility index (Phi) is 5.74. The van der Waals surface area contributed by atoms with Crippen LogP contribution in [-0.2, 0) is 14.8 Å². The molecule has 0 atom stereocenters. The van der Waals surface area contributed by atoms with Crippen molar-refractivity contribution in [3.63, 3.8) is 0 Å². The Bertz CT molecular complexity index is 851. The lowest BCUT2D eigenvalue weighted by Crippen LogP contribution is -2.33. The van der Waals surface area contributed by atoms with Crippen molar-refractivity contribution in [2.24, 2.45) is 0 Å². The van der Waals surface area contributed by atoms with Crippen LogP contribution >= 0.6 is 23.2 Å². The number of aryl methyl sites for hydroxylation is 1. The van der Waals surface area contributed by atoms with Gasteiger partial charge in [0, 0.05) is 11.6 Å². The summed E-state index contributed by atoms with van der Waals surface area (Å²) < 4.78 is 27.0. The average molecular weight is 388 g/mol. The van der Waals surface area contributed by atoms with Crippen molar-refractivity contribution in [1.82, 2.24) is 0 Å². The highest BCUT2D eigenvalue weighted by Crippen LogP contribution is 2.30. The number of aliphatic carboxylic acids is 1. The van der Waals surface area contributed by atoms with Crippen molar-refractivity contribution in [3.05, 3.63) is 58.1 Å². The molecule has 2 rings (SSSR count). The van der Waals surface area contributed by atoms with Crippen molar-refractivity contribution in [2.75, 3.05) is 10.8 Å². The van der Waals surface area contributed by atoms with Crippen LogP contribution in [0.25, 0.3) is 0 Å². The molecule has 0 bridgehead atoms. The highest BCUT2D eigenvalue weighted by Gasteiger charge is 2.28. The summed E-state index contributed by atoms with van der Waals surface area (Å²) >= 11 is 11.9. The fourth-order valence-corrected chi connectivity index (χ4v) is 4.30. The minimum absolute atomic E-state index is 0.0202. The maximum absolute atomic E-state index is 13.0. The SMILES string of the molecule is Cc1ccc(N(CCC(=O)O)S(=O)(=O)c2cc(Cl)ccc2Cl)cc1.